The zero-order valence-electron chi connectivity index (χ0n) is 9.78. The van der Waals surface area contributed by atoms with E-state index in [1.807, 2.05) is 0 Å². The van der Waals surface area contributed by atoms with Gasteiger partial charge in [0.1, 0.15) is 5.82 Å². The first-order valence-corrected chi connectivity index (χ1v) is 5.83. The van der Waals surface area contributed by atoms with Gasteiger partial charge in [-0.25, -0.2) is 4.39 Å². The maximum Gasteiger partial charge on any atom is 0.146 e. The second kappa shape index (κ2) is 4.42. The van der Waals surface area contributed by atoms with Crippen LogP contribution in [0.2, 0.25) is 0 Å². The van der Waals surface area contributed by atoms with Crippen molar-refractivity contribution in [3.05, 3.63) is 29.6 Å². The summed E-state index contributed by atoms with van der Waals surface area (Å²) in [4.78, 5) is 2.10. The van der Waals surface area contributed by atoms with Crippen molar-refractivity contribution in [1.29, 1.82) is 0 Å². The molecule has 1 aliphatic heterocycles. The van der Waals surface area contributed by atoms with Gasteiger partial charge in [-0.1, -0.05) is 6.07 Å². The molecule has 1 unspecified atom stereocenters. The van der Waals surface area contributed by atoms with E-state index in [-0.39, 0.29) is 5.82 Å². The second-order valence-electron chi connectivity index (χ2n) is 4.57. The van der Waals surface area contributed by atoms with Crippen LogP contribution in [0.4, 0.5) is 10.1 Å². The highest BCUT2D eigenvalue weighted by atomic mass is 19.1. The van der Waals surface area contributed by atoms with Gasteiger partial charge in [0.25, 0.3) is 0 Å². The number of halogens is 1. The summed E-state index contributed by atoms with van der Waals surface area (Å²) in [6.07, 6.45) is 1.63. The van der Waals surface area contributed by atoms with Crippen LogP contribution in [0.15, 0.2) is 18.2 Å². The number of benzene rings is 1. The third-order valence-electron chi connectivity index (χ3n) is 3.32. The Morgan fingerprint density at radius 2 is 2.25 bits per heavy atom. The van der Waals surface area contributed by atoms with Crippen LogP contribution in [0.3, 0.4) is 0 Å². The molecule has 1 aromatic rings. The Kier molecular flexibility index (Phi) is 3.15. The van der Waals surface area contributed by atoms with Gasteiger partial charge in [-0.05, 0) is 44.4 Å². The van der Waals surface area contributed by atoms with Crippen LogP contribution in [-0.2, 0) is 0 Å². The molecule has 0 aliphatic carbocycles. The molecule has 0 radical (unpaired) electrons. The molecule has 0 amide bonds. The third kappa shape index (κ3) is 2.05. The molecule has 2 nitrogen and oxygen atoms in total. The Morgan fingerprint density at radius 3 is 2.75 bits per heavy atom. The quantitative estimate of drug-likeness (QED) is 0.833. The summed E-state index contributed by atoms with van der Waals surface area (Å²) in [5, 5.41) is 9.38. The predicted octanol–water partition coefficient (Wildman–Crippen LogP) is 2.87. The van der Waals surface area contributed by atoms with Crippen LogP contribution in [0, 0.1) is 5.82 Å². The summed E-state index contributed by atoms with van der Waals surface area (Å²) >= 11 is 0. The molecule has 16 heavy (non-hydrogen) atoms. The van der Waals surface area contributed by atoms with E-state index in [9.17, 15) is 9.50 Å². The molecule has 1 saturated heterocycles. The van der Waals surface area contributed by atoms with Gasteiger partial charge >= 0.3 is 0 Å². The lowest BCUT2D eigenvalue weighted by atomic mass is 10.1. The second-order valence-corrected chi connectivity index (χ2v) is 4.57. The van der Waals surface area contributed by atoms with Gasteiger partial charge in [-0.3, -0.25) is 0 Å². The van der Waals surface area contributed by atoms with Crippen molar-refractivity contribution >= 4 is 5.69 Å². The van der Waals surface area contributed by atoms with E-state index in [2.05, 4.69) is 11.8 Å². The van der Waals surface area contributed by atoms with Gasteiger partial charge < -0.3 is 10.0 Å². The molecule has 1 fully saturated rings. The Hall–Kier alpha value is -1.09. The average Bonchev–Trinajstić information content (AvgIpc) is 2.64. The van der Waals surface area contributed by atoms with Crippen molar-refractivity contribution in [3.63, 3.8) is 0 Å². The SMILES string of the molecule is CC1CCCN1c1ccc([C@@H](C)O)cc1F. The predicted molar refractivity (Wildman–Crippen MR) is 63.1 cm³/mol. The maximum absolute atomic E-state index is 13.9. The number of anilines is 1. The Balaban J connectivity index is 2.28. The highest BCUT2D eigenvalue weighted by Gasteiger charge is 2.23. The van der Waals surface area contributed by atoms with E-state index in [1.165, 1.54) is 6.07 Å². The van der Waals surface area contributed by atoms with Crippen molar-refractivity contribution in [3.8, 4) is 0 Å². The van der Waals surface area contributed by atoms with E-state index in [1.54, 1.807) is 19.1 Å². The molecular formula is C13H18FNO. The van der Waals surface area contributed by atoms with Crippen LogP contribution in [0.5, 0.6) is 0 Å². The van der Waals surface area contributed by atoms with Crippen LogP contribution in [0.1, 0.15) is 38.4 Å². The smallest absolute Gasteiger partial charge is 0.146 e. The lowest BCUT2D eigenvalue weighted by Gasteiger charge is -2.24. The zero-order chi connectivity index (χ0) is 11.7. The van der Waals surface area contributed by atoms with Crippen molar-refractivity contribution in [1.82, 2.24) is 0 Å². The van der Waals surface area contributed by atoms with E-state index >= 15 is 0 Å². The molecule has 2 atom stereocenters. The summed E-state index contributed by atoms with van der Waals surface area (Å²) in [5.74, 6) is -0.229. The van der Waals surface area contributed by atoms with Crippen molar-refractivity contribution < 1.29 is 9.50 Å². The van der Waals surface area contributed by atoms with Gasteiger partial charge in [-0.2, -0.15) is 0 Å². The van der Waals surface area contributed by atoms with E-state index in [4.69, 9.17) is 0 Å². The molecule has 0 aromatic heterocycles. The lowest BCUT2D eigenvalue weighted by molar-refractivity contribution is 0.199. The standard InChI is InChI=1S/C13H18FNO/c1-9-4-3-7-15(9)13-6-5-11(10(2)16)8-12(13)14/h5-6,8-10,16H,3-4,7H2,1-2H3/t9?,10-/m1/s1. The van der Waals surface area contributed by atoms with Gasteiger partial charge in [0.05, 0.1) is 11.8 Å². The summed E-state index contributed by atoms with van der Waals surface area (Å²) in [5.41, 5.74) is 1.29. The number of nitrogens with zero attached hydrogens (tertiary/aromatic N) is 1. The first-order valence-electron chi connectivity index (χ1n) is 5.83. The molecule has 1 N–H and O–H groups in total. The fourth-order valence-corrected chi connectivity index (χ4v) is 2.31. The minimum atomic E-state index is -0.612. The van der Waals surface area contributed by atoms with Crippen molar-refractivity contribution in [2.24, 2.45) is 0 Å². The monoisotopic (exact) mass is 223 g/mol. The maximum atomic E-state index is 13.9. The Morgan fingerprint density at radius 1 is 1.50 bits per heavy atom. The lowest BCUT2D eigenvalue weighted by Crippen LogP contribution is -2.27. The fraction of sp³-hybridized carbons (Fsp3) is 0.538. The topological polar surface area (TPSA) is 23.5 Å². The van der Waals surface area contributed by atoms with Crippen LogP contribution < -0.4 is 4.90 Å². The molecule has 1 heterocycles. The number of hydrogen-bond acceptors (Lipinski definition) is 2. The number of aliphatic hydroxyl groups excluding tert-OH is 1. The molecule has 1 aliphatic rings. The number of hydrogen-bond donors (Lipinski definition) is 1. The number of rotatable bonds is 2. The summed E-state index contributed by atoms with van der Waals surface area (Å²) in [6.45, 7) is 4.69. The molecule has 0 bridgehead atoms. The van der Waals surface area contributed by atoms with Crippen LogP contribution in [-0.4, -0.2) is 17.7 Å². The molecule has 2 rings (SSSR count). The summed E-state index contributed by atoms with van der Waals surface area (Å²) in [7, 11) is 0. The molecule has 88 valence electrons. The average molecular weight is 223 g/mol. The van der Waals surface area contributed by atoms with Gasteiger partial charge in [0, 0.05) is 12.6 Å². The van der Waals surface area contributed by atoms with E-state index < -0.39 is 6.10 Å². The molecule has 3 heteroatoms. The molecule has 0 spiro atoms. The van der Waals surface area contributed by atoms with Gasteiger partial charge in [0.2, 0.25) is 0 Å². The number of aliphatic hydroxyl groups is 1. The third-order valence-corrected chi connectivity index (χ3v) is 3.32. The summed E-state index contributed by atoms with van der Waals surface area (Å²) < 4.78 is 13.9. The first kappa shape index (κ1) is 11.4. The van der Waals surface area contributed by atoms with Crippen molar-refractivity contribution in [2.45, 2.75) is 38.8 Å². The molecular weight excluding hydrogens is 205 g/mol. The summed E-state index contributed by atoms with van der Waals surface area (Å²) in [6, 6.07) is 5.42. The van der Waals surface area contributed by atoms with Gasteiger partial charge in [-0.15, -0.1) is 0 Å². The highest BCUT2D eigenvalue weighted by Crippen LogP contribution is 2.29. The molecule has 1 aromatic carbocycles. The fourth-order valence-electron chi connectivity index (χ4n) is 2.31. The first-order chi connectivity index (χ1) is 7.59. The van der Waals surface area contributed by atoms with Crippen LogP contribution in [0.25, 0.3) is 0 Å². The Labute approximate surface area is 95.7 Å². The highest BCUT2D eigenvalue weighted by molar-refractivity contribution is 5.51. The normalized spacial score (nSPS) is 22.5. The van der Waals surface area contributed by atoms with Gasteiger partial charge in [0.15, 0.2) is 0 Å². The van der Waals surface area contributed by atoms with E-state index in [0.717, 1.165) is 19.4 Å². The minimum Gasteiger partial charge on any atom is -0.389 e. The largest absolute Gasteiger partial charge is 0.389 e. The zero-order valence-corrected chi connectivity index (χ0v) is 9.78. The van der Waals surface area contributed by atoms with Crippen molar-refractivity contribution in [2.75, 3.05) is 11.4 Å². The minimum absolute atomic E-state index is 0.229. The molecule has 0 saturated carbocycles. The Bertz CT molecular complexity index is 378. The van der Waals surface area contributed by atoms with E-state index in [0.29, 0.717) is 17.3 Å². The van der Waals surface area contributed by atoms with Crippen LogP contribution >= 0.6 is 0 Å².